The Labute approximate surface area is 118 Å². The van der Waals surface area contributed by atoms with Crippen LogP contribution < -0.4 is 5.32 Å². The molecule has 0 bridgehead atoms. The molecule has 1 N–H and O–H groups in total. The van der Waals surface area contributed by atoms with E-state index in [1.165, 1.54) is 71.0 Å². The van der Waals surface area contributed by atoms with Crippen molar-refractivity contribution in [3.63, 3.8) is 0 Å². The third kappa shape index (κ3) is 3.14. The predicted octanol–water partition coefficient (Wildman–Crippen LogP) is 2.55. The lowest BCUT2D eigenvalue weighted by Crippen LogP contribution is -2.48. The van der Waals surface area contributed by atoms with E-state index < -0.39 is 0 Å². The molecule has 3 heteroatoms. The van der Waals surface area contributed by atoms with Crippen LogP contribution in [0.1, 0.15) is 58.3 Å². The summed E-state index contributed by atoms with van der Waals surface area (Å²) < 4.78 is 6.47. The number of ether oxygens (including phenoxy) is 1. The fourth-order valence-electron chi connectivity index (χ4n) is 4.35. The number of nitrogens with one attached hydrogen (secondary N) is 1. The SMILES string of the molecule is CCN(CC1CCC2(CCCC2)O1)C1CCCNC1. The molecule has 3 nitrogen and oxygen atoms in total. The molecule has 0 amide bonds. The molecule has 1 spiro atoms. The highest BCUT2D eigenvalue weighted by atomic mass is 16.5. The molecule has 0 aromatic carbocycles. The summed E-state index contributed by atoms with van der Waals surface area (Å²) in [4.78, 5) is 2.66. The minimum Gasteiger partial charge on any atom is -0.370 e. The number of likely N-dealkylation sites (N-methyl/N-ethyl adjacent to an activating group) is 1. The third-order valence-electron chi connectivity index (χ3n) is 5.48. The summed E-state index contributed by atoms with van der Waals surface area (Å²) in [6, 6.07) is 0.738. The van der Waals surface area contributed by atoms with Gasteiger partial charge in [0.2, 0.25) is 0 Å². The number of hydrogen-bond acceptors (Lipinski definition) is 3. The molecule has 3 rings (SSSR count). The monoisotopic (exact) mass is 266 g/mol. The summed E-state index contributed by atoms with van der Waals surface area (Å²) in [6.07, 6.45) is 11.2. The van der Waals surface area contributed by atoms with E-state index >= 15 is 0 Å². The summed E-state index contributed by atoms with van der Waals surface area (Å²) in [5.74, 6) is 0. The molecule has 1 aliphatic carbocycles. The molecule has 2 saturated heterocycles. The molecule has 2 aliphatic heterocycles. The van der Waals surface area contributed by atoms with Crippen molar-refractivity contribution in [2.45, 2.75) is 76.0 Å². The standard InChI is InChI=1S/C16H30N2O/c1-2-18(14-6-5-11-17-12-14)13-15-7-10-16(19-15)8-3-4-9-16/h14-15,17H,2-13H2,1H3. The first-order valence-corrected chi connectivity index (χ1v) is 8.44. The van der Waals surface area contributed by atoms with Crippen LogP contribution in [0.2, 0.25) is 0 Å². The van der Waals surface area contributed by atoms with Crippen molar-refractivity contribution < 1.29 is 4.74 Å². The van der Waals surface area contributed by atoms with Gasteiger partial charge in [-0.05, 0) is 51.6 Å². The van der Waals surface area contributed by atoms with E-state index in [0.717, 1.165) is 12.6 Å². The predicted molar refractivity (Wildman–Crippen MR) is 78.4 cm³/mol. The van der Waals surface area contributed by atoms with E-state index in [1.807, 2.05) is 0 Å². The Morgan fingerprint density at radius 1 is 1.16 bits per heavy atom. The fraction of sp³-hybridized carbons (Fsp3) is 1.00. The van der Waals surface area contributed by atoms with Crippen LogP contribution in [0.25, 0.3) is 0 Å². The lowest BCUT2D eigenvalue weighted by atomic mass is 9.98. The van der Waals surface area contributed by atoms with Gasteiger partial charge in [0.25, 0.3) is 0 Å². The topological polar surface area (TPSA) is 24.5 Å². The zero-order chi connectivity index (χ0) is 13.1. The highest BCUT2D eigenvalue weighted by molar-refractivity contribution is 4.94. The molecule has 2 unspecified atom stereocenters. The van der Waals surface area contributed by atoms with Gasteiger partial charge in [-0.15, -0.1) is 0 Å². The van der Waals surface area contributed by atoms with Crippen LogP contribution in [0.3, 0.4) is 0 Å². The number of hydrogen-bond donors (Lipinski definition) is 1. The van der Waals surface area contributed by atoms with Crippen LogP contribution in [0, 0.1) is 0 Å². The van der Waals surface area contributed by atoms with Crippen molar-refractivity contribution in [1.29, 1.82) is 0 Å². The maximum absolute atomic E-state index is 6.47. The third-order valence-corrected chi connectivity index (χ3v) is 5.48. The van der Waals surface area contributed by atoms with Gasteiger partial charge < -0.3 is 10.1 Å². The van der Waals surface area contributed by atoms with E-state index in [0.29, 0.717) is 11.7 Å². The molecular weight excluding hydrogens is 236 g/mol. The van der Waals surface area contributed by atoms with Crippen molar-refractivity contribution in [2.75, 3.05) is 26.2 Å². The van der Waals surface area contributed by atoms with Crippen molar-refractivity contribution in [3.05, 3.63) is 0 Å². The van der Waals surface area contributed by atoms with Crippen LogP contribution in [0.15, 0.2) is 0 Å². The smallest absolute Gasteiger partial charge is 0.0710 e. The molecule has 1 saturated carbocycles. The Hall–Kier alpha value is -0.120. The lowest BCUT2D eigenvalue weighted by molar-refractivity contribution is -0.0516. The number of rotatable bonds is 4. The maximum Gasteiger partial charge on any atom is 0.0710 e. The van der Waals surface area contributed by atoms with Gasteiger partial charge in [0.15, 0.2) is 0 Å². The van der Waals surface area contributed by atoms with Gasteiger partial charge in [0.05, 0.1) is 11.7 Å². The first-order chi connectivity index (χ1) is 9.31. The van der Waals surface area contributed by atoms with Crippen molar-refractivity contribution in [1.82, 2.24) is 10.2 Å². The van der Waals surface area contributed by atoms with Crippen molar-refractivity contribution >= 4 is 0 Å². The highest BCUT2D eigenvalue weighted by Gasteiger charge is 2.42. The van der Waals surface area contributed by atoms with Gasteiger partial charge in [0.1, 0.15) is 0 Å². The minimum absolute atomic E-state index is 0.300. The average molecular weight is 266 g/mol. The zero-order valence-electron chi connectivity index (χ0n) is 12.5. The van der Waals surface area contributed by atoms with Gasteiger partial charge >= 0.3 is 0 Å². The molecule has 110 valence electrons. The normalized spacial score (nSPS) is 34.4. The quantitative estimate of drug-likeness (QED) is 0.846. The molecule has 19 heavy (non-hydrogen) atoms. The van der Waals surface area contributed by atoms with E-state index in [-0.39, 0.29) is 0 Å². The summed E-state index contributed by atoms with van der Waals surface area (Å²) in [7, 11) is 0. The van der Waals surface area contributed by atoms with E-state index in [4.69, 9.17) is 4.74 Å². The van der Waals surface area contributed by atoms with E-state index in [9.17, 15) is 0 Å². The minimum atomic E-state index is 0.300. The maximum atomic E-state index is 6.47. The Bertz CT molecular complexity index is 282. The molecule has 2 heterocycles. The second kappa shape index (κ2) is 6.11. The average Bonchev–Trinajstić information content (AvgIpc) is 3.08. The highest BCUT2D eigenvalue weighted by Crippen LogP contribution is 2.43. The summed E-state index contributed by atoms with van der Waals surface area (Å²) in [5, 5.41) is 3.54. The Balaban J connectivity index is 1.52. The molecule has 0 aromatic heterocycles. The summed E-state index contributed by atoms with van der Waals surface area (Å²) in [5.41, 5.74) is 0.300. The van der Waals surface area contributed by atoms with Gasteiger partial charge in [-0.3, -0.25) is 4.90 Å². The molecule has 3 fully saturated rings. The van der Waals surface area contributed by atoms with Gasteiger partial charge in [-0.1, -0.05) is 19.8 Å². The lowest BCUT2D eigenvalue weighted by Gasteiger charge is -2.35. The second-order valence-corrected chi connectivity index (χ2v) is 6.76. The van der Waals surface area contributed by atoms with Crippen LogP contribution >= 0.6 is 0 Å². The molecule has 3 aliphatic rings. The van der Waals surface area contributed by atoms with Crippen LogP contribution in [0.4, 0.5) is 0 Å². The van der Waals surface area contributed by atoms with Crippen LogP contribution in [-0.2, 0) is 4.74 Å². The summed E-state index contributed by atoms with van der Waals surface area (Å²) in [6.45, 7) is 7.00. The summed E-state index contributed by atoms with van der Waals surface area (Å²) >= 11 is 0. The van der Waals surface area contributed by atoms with Gasteiger partial charge in [0, 0.05) is 19.1 Å². The fourth-order valence-corrected chi connectivity index (χ4v) is 4.35. The van der Waals surface area contributed by atoms with Crippen LogP contribution in [0.5, 0.6) is 0 Å². The largest absolute Gasteiger partial charge is 0.370 e. The molecular formula is C16H30N2O. The van der Waals surface area contributed by atoms with E-state index in [2.05, 4.69) is 17.1 Å². The first-order valence-electron chi connectivity index (χ1n) is 8.44. The number of nitrogens with zero attached hydrogens (tertiary/aromatic N) is 1. The Morgan fingerprint density at radius 2 is 2.00 bits per heavy atom. The van der Waals surface area contributed by atoms with E-state index in [1.54, 1.807) is 0 Å². The van der Waals surface area contributed by atoms with Gasteiger partial charge in [-0.2, -0.15) is 0 Å². The zero-order valence-corrected chi connectivity index (χ0v) is 12.5. The second-order valence-electron chi connectivity index (χ2n) is 6.76. The Kier molecular flexibility index (Phi) is 4.45. The number of piperidine rings is 1. The molecule has 0 radical (unpaired) electrons. The van der Waals surface area contributed by atoms with Crippen molar-refractivity contribution in [3.8, 4) is 0 Å². The van der Waals surface area contributed by atoms with Gasteiger partial charge in [-0.25, -0.2) is 0 Å². The molecule has 0 aromatic rings. The first kappa shape index (κ1) is 13.8. The Morgan fingerprint density at radius 3 is 2.68 bits per heavy atom. The van der Waals surface area contributed by atoms with Crippen molar-refractivity contribution in [2.24, 2.45) is 0 Å². The molecule has 2 atom stereocenters. The van der Waals surface area contributed by atoms with Crippen LogP contribution in [-0.4, -0.2) is 48.8 Å².